The molecule has 1 saturated heterocycles. The molecule has 0 spiro atoms. The van der Waals surface area contributed by atoms with E-state index < -0.39 is 0 Å². The first kappa shape index (κ1) is 18.0. The van der Waals surface area contributed by atoms with Gasteiger partial charge in [-0.25, -0.2) is 0 Å². The van der Waals surface area contributed by atoms with E-state index in [-0.39, 0.29) is 12.2 Å². The second kappa shape index (κ2) is 8.02. The molecule has 1 aromatic heterocycles. The molecule has 1 aromatic carbocycles. The minimum Gasteiger partial charge on any atom is -0.496 e. The molecule has 1 fully saturated rings. The molecule has 0 aliphatic carbocycles. The van der Waals surface area contributed by atoms with Crippen molar-refractivity contribution < 1.29 is 14.0 Å². The zero-order valence-electron chi connectivity index (χ0n) is 15.6. The van der Waals surface area contributed by atoms with Gasteiger partial charge in [0, 0.05) is 24.7 Å². The number of aryl methyl sites for hydroxylation is 1. The maximum atomic E-state index is 5.79. The molecule has 2 atom stereocenters. The van der Waals surface area contributed by atoms with Crippen molar-refractivity contribution in [1.82, 2.24) is 10.1 Å². The van der Waals surface area contributed by atoms with E-state index in [4.69, 9.17) is 14.0 Å². The Morgan fingerprint density at radius 1 is 1.20 bits per heavy atom. The third-order valence-electron chi connectivity index (χ3n) is 4.51. The van der Waals surface area contributed by atoms with Crippen LogP contribution >= 0.6 is 0 Å². The third kappa shape index (κ3) is 4.41. The van der Waals surface area contributed by atoms with Crippen LogP contribution in [0, 0.1) is 0 Å². The van der Waals surface area contributed by atoms with Crippen LogP contribution in [0.1, 0.15) is 38.5 Å². The fraction of sp³-hybridized carbons (Fsp3) is 0.550. The summed E-state index contributed by atoms with van der Waals surface area (Å²) in [4.78, 5) is 2.36. The zero-order valence-corrected chi connectivity index (χ0v) is 15.6. The average Bonchev–Trinajstić information content (AvgIpc) is 3.02. The Morgan fingerprint density at radius 3 is 2.64 bits per heavy atom. The number of benzene rings is 1. The van der Waals surface area contributed by atoms with Crippen molar-refractivity contribution in [2.75, 3.05) is 20.2 Å². The van der Waals surface area contributed by atoms with Crippen molar-refractivity contribution in [3.05, 3.63) is 35.6 Å². The fourth-order valence-corrected chi connectivity index (χ4v) is 3.55. The van der Waals surface area contributed by atoms with E-state index >= 15 is 0 Å². The molecular formula is C20H28N2O3. The van der Waals surface area contributed by atoms with Gasteiger partial charge >= 0.3 is 0 Å². The lowest BCUT2D eigenvalue weighted by Gasteiger charge is -2.34. The van der Waals surface area contributed by atoms with E-state index in [9.17, 15) is 0 Å². The number of morpholine rings is 1. The number of methoxy groups -OCH3 is 1. The Kier molecular flexibility index (Phi) is 5.76. The van der Waals surface area contributed by atoms with E-state index in [1.165, 1.54) is 5.56 Å². The molecule has 0 N–H and O–H groups in total. The first-order chi connectivity index (χ1) is 12.1. The van der Waals surface area contributed by atoms with E-state index in [1.54, 1.807) is 7.11 Å². The van der Waals surface area contributed by atoms with Crippen molar-refractivity contribution in [1.29, 1.82) is 0 Å². The van der Waals surface area contributed by atoms with Crippen molar-refractivity contribution in [3.63, 3.8) is 0 Å². The molecule has 0 radical (unpaired) electrons. The second-order valence-electron chi connectivity index (χ2n) is 6.91. The monoisotopic (exact) mass is 344 g/mol. The van der Waals surface area contributed by atoms with Crippen LogP contribution in [0.25, 0.3) is 11.3 Å². The van der Waals surface area contributed by atoms with Crippen LogP contribution in [-0.4, -0.2) is 42.5 Å². The Hall–Kier alpha value is -1.85. The minimum atomic E-state index is 0.247. The van der Waals surface area contributed by atoms with E-state index in [0.29, 0.717) is 0 Å². The lowest BCUT2D eigenvalue weighted by molar-refractivity contribution is -0.0721. The molecule has 2 heterocycles. The van der Waals surface area contributed by atoms with Gasteiger partial charge in [0.2, 0.25) is 0 Å². The molecule has 0 saturated carbocycles. The molecule has 5 heteroatoms. The molecule has 136 valence electrons. The summed E-state index contributed by atoms with van der Waals surface area (Å²) in [6, 6.07) is 8.31. The highest BCUT2D eigenvalue weighted by Gasteiger charge is 2.23. The second-order valence-corrected chi connectivity index (χ2v) is 6.91. The quantitative estimate of drug-likeness (QED) is 0.795. The number of rotatable bonds is 6. The van der Waals surface area contributed by atoms with Crippen LogP contribution < -0.4 is 4.74 Å². The smallest absolute Gasteiger partial charge is 0.151 e. The van der Waals surface area contributed by atoms with Gasteiger partial charge in [0.05, 0.1) is 25.9 Å². The molecular weight excluding hydrogens is 316 g/mol. The summed E-state index contributed by atoms with van der Waals surface area (Å²) >= 11 is 0. The number of nitrogens with zero attached hydrogens (tertiary/aromatic N) is 2. The first-order valence-corrected chi connectivity index (χ1v) is 9.09. The van der Waals surface area contributed by atoms with Crippen LogP contribution in [0.2, 0.25) is 0 Å². The van der Waals surface area contributed by atoms with Crippen molar-refractivity contribution in [2.24, 2.45) is 0 Å². The number of ether oxygens (including phenoxy) is 2. The van der Waals surface area contributed by atoms with Crippen molar-refractivity contribution in [2.45, 2.75) is 52.4 Å². The van der Waals surface area contributed by atoms with Crippen LogP contribution in [0.5, 0.6) is 5.75 Å². The van der Waals surface area contributed by atoms with Gasteiger partial charge < -0.3 is 14.0 Å². The van der Waals surface area contributed by atoms with E-state index in [0.717, 1.165) is 55.2 Å². The normalized spacial score (nSPS) is 21.4. The minimum absolute atomic E-state index is 0.247. The molecule has 1 aliphatic heterocycles. The molecule has 1 aliphatic rings. The summed E-state index contributed by atoms with van der Waals surface area (Å²) < 4.78 is 16.9. The molecule has 5 nitrogen and oxygen atoms in total. The average molecular weight is 344 g/mol. The van der Waals surface area contributed by atoms with Gasteiger partial charge in [0.25, 0.3) is 0 Å². The molecule has 2 aromatic rings. The van der Waals surface area contributed by atoms with Crippen molar-refractivity contribution in [3.8, 4) is 17.0 Å². The Morgan fingerprint density at radius 2 is 1.96 bits per heavy atom. The molecule has 3 rings (SSSR count). The van der Waals surface area contributed by atoms with Gasteiger partial charge in [-0.3, -0.25) is 4.90 Å². The summed E-state index contributed by atoms with van der Waals surface area (Å²) in [5.74, 6) is 1.70. The van der Waals surface area contributed by atoms with Crippen LogP contribution in [-0.2, 0) is 17.7 Å². The van der Waals surface area contributed by atoms with Gasteiger partial charge in [0.15, 0.2) is 5.76 Å². The maximum Gasteiger partial charge on any atom is 0.151 e. The highest BCUT2D eigenvalue weighted by molar-refractivity contribution is 5.68. The molecule has 25 heavy (non-hydrogen) atoms. The molecule has 0 amide bonds. The number of hydrogen-bond acceptors (Lipinski definition) is 5. The largest absolute Gasteiger partial charge is 0.496 e. The van der Waals surface area contributed by atoms with Crippen LogP contribution in [0.4, 0.5) is 0 Å². The Balaban J connectivity index is 1.78. The first-order valence-electron chi connectivity index (χ1n) is 9.09. The Labute approximate surface area is 149 Å². The predicted octanol–water partition coefficient (Wildman–Crippen LogP) is 3.91. The van der Waals surface area contributed by atoms with Crippen LogP contribution in [0.15, 0.2) is 28.8 Å². The summed E-state index contributed by atoms with van der Waals surface area (Å²) in [7, 11) is 1.69. The van der Waals surface area contributed by atoms with Crippen molar-refractivity contribution >= 4 is 0 Å². The molecule has 0 unspecified atom stereocenters. The fourth-order valence-electron chi connectivity index (χ4n) is 3.55. The maximum absolute atomic E-state index is 5.79. The van der Waals surface area contributed by atoms with E-state index in [1.807, 2.05) is 12.1 Å². The number of aromatic nitrogens is 1. The Bertz CT molecular complexity index is 688. The van der Waals surface area contributed by atoms with Gasteiger partial charge in [-0.1, -0.05) is 24.6 Å². The standard InChI is InChI=1S/C20H28N2O3/c1-5-6-16-7-8-20(23-4)18(9-16)19-10-17(25-21-19)13-22-11-14(2)24-15(3)12-22/h7-10,14-15H,5-6,11-13H2,1-4H3/t14-,15+. The van der Waals surface area contributed by atoms with Crippen LogP contribution in [0.3, 0.4) is 0 Å². The zero-order chi connectivity index (χ0) is 17.8. The van der Waals surface area contributed by atoms with Gasteiger partial charge in [-0.2, -0.15) is 0 Å². The lowest BCUT2D eigenvalue weighted by Crippen LogP contribution is -2.44. The summed E-state index contributed by atoms with van der Waals surface area (Å²) in [6.45, 7) is 8.98. The number of hydrogen-bond donors (Lipinski definition) is 0. The third-order valence-corrected chi connectivity index (χ3v) is 4.51. The van der Waals surface area contributed by atoms with Gasteiger partial charge in [-0.15, -0.1) is 0 Å². The topological polar surface area (TPSA) is 47.7 Å². The van der Waals surface area contributed by atoms with Gasteiger partial charge in [0.1, 0.15) is 11.4 Å². The summed E-state index contributed by atoms with van der Waals surface area (Å²) in [5, 5.41) is 4.29. The summed E-state index contributed by atoms with van der Waals surface area (Å²) in [5.41, 5.74) is 3.12. The predicted molar refractivity (Wildman–Crippen MR) is 97.8 cm³/mol. The SMILES string of the molecule is CCCc1ccc(OC)c(-c2cc(CN3C[C@@H](C)O[C@@H](C)C3)on2)c1. The highest BCUT2D eigenvalue weighted by atomic mass is 16.5. The lowest BCUT2D eigenvalue weighted by atomic mass is 10.0. The highest BCUT2D eigenvalue weighted by Crippen LogP contribution is 2.31. The van der Waals surface area contributed by atoms with E-state index in [2.05, 4.69) is 43.0 Å². The molecule has 0 bridgehead atoms. The van der Waals surface area contributed by atoms with Gasteiger partial charge in [-0.05, 0) is 38.0 Å². The summed E-state index contributed by atoms with van der Waals surface area (Å²) in [6.07, 6.45) is 2.66.